The van der Waals surface area contributed by atoms with Crippen molar-refractivity contribution in [2.45, 2.75) is 39.2 Å². The van der Waals surface area contributed by atoms with E-state index in [2.05, 4.69) is 17.4 Å². The van der Waals surface area contributed by atoms with Crippen LogP contribution in [0.15, 0.2) is 54.6 Å². The van der Waals surface area contributed by atoms with Crippen molar-refractivity contribution in [2.24, 2.45) is 0 Å². The van der Waals surface area contributed by atoms with Crippen LogP contribution >= 0.6 is 0 Å². The number of nitrogens with one attached hydrogen (secondary N) is 1. The van der Waals surface area contributed by atoms with Gasteiger partial charge in [0.1, 0.15) is 0 Å². The molecule has 0 heterocycles. The molecule has 1 amide bonds. The quantitative estimate of drug-likeness (QED) is 0.751. The van der Waals surface area contributed by atoms with Crippen LogP contribution in [0, 0.1) is 6.92 Å². The molecular formula is C21H25NO3. The van der Waals surface area contributed by atoms with Gasteiger partial charge in [0, 0.05) is 6.04 Å². The van der Waals surface area contributed by atoms with E-state index >= 15 is 0 Å². The summed E-state index contributed by atoms with van der Waals surface area (Å²) in [5.41, 5.74) is 3.27. The summed E-state index contributed by atoms with van der Waals surface area (Å²) < 4.78 is 5.05. The first-order chi connectivity index (χ1) is 12.0. The molecule has 0 aromatic heterocycles. The number of esters is 1. The topological polar surface area (TPSA) is 55.4 Å². The number of carbonyl (C=O) groups is 2. The molecule has 0 aliphatic heterocycles. The van der Waals surface area contributed by atoms with E-state index in [1.54, 1.807) is 0 Å². The molecule has 0 unspecified atom stereocenters. The fourth-order valence-corrected chi connectivity index (χ4v) is 2.49. The average molecular weight is 339 g/mol. The summed E-state index contributed by atoms with van der Waals surface area (Å²) in [6.07, 6.45) is 1.92. The molecule has 0 aliphatic carbocycles. The SMILES string of the molecule is Cc1ccc(CC(=O)OCC(=O)N[C@H](C)CCc2ccccc2)cc1. The van der Waals surface area contributed by atoms with Crippen LogP contribution in [-0.4, -0.2) is 24.5 Å². The molecule has 1 atom stereocenters. The van der Waals surface area contributed by atoms with Gasteiger partial charge >= 0.3 is 5.97 Å². The maximum atomic E-state index is 11.9. The second-order valence-electron chi connectivity index (χ2n) is 6.32. The Morgan fingerprint density at radius 1 is 1.00 bits per heavy atom. The van der Waals surface area contributed by atoms with Gasteiger partial charge in [0.25, 0.3) is 5.91 Å². The predicted octanol–water partition coefficient (Wildman–Crippen LogP) is 3.22. The molecule has 0 aliphatic rings. The summed E-state index contributed by atoms with van der Waals surface area (Å²) in [5, 5.41) is 2.86. The maximum Gasteiger partial charge on any atom is 0.310 e. The zero-order valence-electron chi connectivity index (χ0n) is 14.8. The van der Waals surface area contributed by atoms with E-state index in [4.69, 9.17) is 4.74 Å². The summed E-state index contributed by atoms with van der Waals surface area (Å²) in [4.78, 5) is 23.7. The lowest BCUT2D eigenvalue weighted by molar-refractivity contribution is -0.148. The standard InChI is InChI=1S/C21H25NO3/c1-16-8-11-19(12-9-16)14-21(24)25-15-20(23)22-17(2)10-13-18-6-4-3-5-7-18/h3-9,11-12,17H,10,13-15H2,1-2H3,(H,22,23)/t17-/m1/s1. The lowest BCUT2D eigenvalue weighted by Crippen LogP contribution is -2.36. The van der Waals surface area contributed by atoms with E-state index < -0.39 is 5.97 Å². The second kappa shape index (κ2) is 9.62. The van der Waals surface area contributed by atoms with E-state index in [1.807, 2.05) is 56.3 Å². The third-order valence-electron chi connectivity index (χ3n) is 3.95. The molecular weight excluding hydrogens is 314 g/mol. The number of hydrogen-bond donors (Lipinski definition) is 1. The molecule has 0 radical (unpaired) electrons. The summed E-state index contributed by atoms with van der Waals surface area (Å²) in [5.74, 6) is -0.659. The minimum atomic E-state index is -0.393. The number of carbonyl (C=O) groups excluding carboxylic acids is 2. The largest absolute Gasteiger partial charge is 0.455 e. The lowest BCUT2D eigenvalue weighted by atomic mass is 10.1. The second-order valence-corrected chi connectivity index (χ2v) is 6.32. The minimum absolute atomic E-state index is 0.0310. The Kier molecular flexibility index (Phi) is 7.20. The number of rotatable bonds is 8. The normalized spacial score (nSPS) is 11.6. The summed E-state index contributed by atoms with van der Waals surface area (Å²) in [7, 11) is 0. The van der Waals surface area contributed by atoms with Gasteiger partial charge in [-0.05, 0) is 37.8 Å². The molecule has 0 saturated carbocycles. The van der Waals surface area contributed by atoms with Crippen LogP contribution in [0.5, 0.6) is 0 Å². The van der Waals surface area contributed by atoms with Crippen molar-refractivity contribution in [3.8, 4) is 0 Å². The van der Waals surface area contributed by atoms with Crippen molar-refractivity contribution in [2.75, 3.05) is 6.61 Å². The van der Waals surface area contributed by atoms with E-state index in [0.29, 0.717) is 0 Å². The zero-order chi connectivity index (χ0) is 18.1. The fraction of sp³-hybridized carbons (Fsp3) is 0.333. The molecule has 1 N–H and O–H groups in total. The Balaban J connectivity index is 1.65. The maximum absolute atomic E-state index is 11.9. The van der Waals surface area contributed by atoms with Crippen LogP contribution in [0.3, 0.4) is 0 Å². The third kappa shape index (κ3) is 7.21. The van der Waals surface area contributed by atoms with Gasteiger partial charge in [-0.2, -0.15) is 0 Å². The van der Waals surface area contributed by atoms with Crippen LogP contribution < -0.4 is 5.32 Å². The number of benzene rings is 2. The fourth-order valence-electron chi connectivity index (χ4n) is 2.49. The van der Waals surface area contributed by atoms with Crippen LogP contribution in [0.1, 0.15) is 30.0 Å². The van der Waals surface area contributed by atoms with Gasteiger partial charge in [0.15, 0.2) is 6.61 Å². The predicted molar refractivity (Wildman–Crippen MR) is 98.2 cm³/mol. The average Bonchev–Trinajstić information content (AvgIpc) is 2.61. The highest BCUT2D eigenvalue weighted by atomic mass is 16.5. The van der Waals surface area contributed by atoms with Gasteiger partial charge in [-0.15, -0.1) is 0 Å². The first kappa shape index (κ1) is 18.7. The highest BCUT2D eigenvalue weighted by molar-refractivity contribution is 5.81. The first-order valence-corrected chi connectivity index (χ1v) is 8.57. The molecule has 4 nitrogen and oxygen atoms in total. The minimum Gasteiger partial charge on any atom is -0.455 e. The van der Waals surface area contributed by atoms with Gasteiger partial charge in [0.05, 0.1) is 6.42 Å². The highest BCUT2D eigenvalue weighted by Crippen LogP contribution is 2.06. The Morgan fingerprint density at radius 3 is 2.36 bits per heavy atom. The molecule has 2 rings (SSSR count). The molecule has 4 heteroatoms. The third-order valence-corrected chi connectivity index (χ3v) is 3.95. The van der Waals surface area contributed by atoms with Crippen molar-refractivity contribution in [1.29, 1.82) is 0 Å². The van der Waals surface area contributed by atoms with E-state index in [9.17, 15) is 9.59 Å². The van der Waals surface area contributed by atoms with Gasteiger partial charge in [-0.1, -0.05) is 60.2 Å². The molecule has 0 fully saturated rings. The molecule has 2 aromatic carbocycles. The van der Waals surface area contributed by atoms with Gasteiger partial charge in [-0.25, -0.2) is 0 Å². The zero-order valence-corrected chi connectivity index (χ0v) is 14.8. The van der Waals surface area contributed by atoms with Crippen molar-refractivity contribution in [1.82, 2.24) is 5.32 Å². The van der Waals surface area contributed by atoms with E-state index in [-0.39, 0.29) is 25.0 Å². The Morgan fingerprint density at radius 2 is 1.68 bits per heavy atom. The molecule has 0 saturated heterocycles. The van der Waals surface area contributed by atoms with E-state index in [1.165, 1.54) is 5.56 Å². The van der Waals surface area contributed by atoms with Crippen LogP contribution in [-0.2, 0) is 27.2 Å². The van der Waals surface area contributed by atoms with Crippen molar-refractivity contribution >= 4 is 11.9 Å². The smallest absolute Gasteiger partial charge is 0.310 e. The van der Waals surface area contributed by atoms with Gasteiger partial charge < -0.3 is 10.1 Å². The Labute approximate surface area is 149 Å². The molecule has 2 aromatic rings. The monoisotopic (exact) mass is 339 g/mol. The van der Waals surface area contributed by atoms with Crippen molar-refractivity contribution in [3.63, 3.8) is 0 Å². The summed E-state index contributed by atoms with van der Waals surface area (Å²) in [6, 6.07) is 17.8. The van der Waals surface area contributed by atoms with E-state index in [0.717, 1.165) is 24.0 Å². The summed E-state index contributed by atoms with van der Waals surface area (Å²) >= 11 is 0. The Bertz CT molecular complexity index is 680. The first-order valence-electron chi connectivity index (χ1n) is 8.57. The van der Waals surface area contributed by atoms with Gasteiger partial charge in [-0.3, -0.25) is 9.59 Å². The number of aryl methyl sites for hydroxylation is 2. The highest BCUT2D eigenvalue weighted by Gasteiger charge is 2.11. The van der Waals surface area contributed by atoms with Crippen LogP contribution in [0.4, 0.5) is 0 Å². The number of hydrogen-bond acceptors (Lipinski definition) is 3. The molecule has 25 heavy (non-hydrogen) atoms. The van der Waals surface area contributed by atoms with Crippen molar-refractivity contribution < 1.29 is 14.3 Å². The van der Waals surface area contributed by atoms with Gasteiger partial charge in [0.2, 0.25) is 0 Å². The van der Waals surface area contributed by atoms with Crippen LogP contribution in [0.2, 0.25) is 0 Å². The summed E-state index contributed by atoms with van der Waals surface area (Å²) in [6.45, 7) is 3.71. The Hall–Kier alpha value is -2.62. The number of amides is 1. The van der Waals surface area contributed by atoms with Crippen molar-refractivity contribution in [3.05, 3.63) is 71.3 Å². The molecule has 0 bridgehead atoms. The lowest BCUT2D eigenvalue weighted by Gasteiger charge is -2.14. The molecule has 132 valence electrons. The number of ether oxygens (including phenoxy) is 1. The molecule has 0 spiro atoms. The van der Waals surface area contributed by atoms with Crippen LogP contribution in [0.25, 0.3) is 0 Å².